The van der Waals surface area contributed by atoms with Crippen molar-refractivity contribution in [2.24, 2.45) is 0 Å². The summed E-state index contributed by atoms with van der Waals surface area (Å²) in [5, 5.41) is 15.6. The Balaban J connectivity index is 1.39. The van der Waals surface area contributed by atoms with Gasteiger partial charge in [-0.3, -0.25) is 29.3 Å². The average Bonchev–Trinajstić information content (AvgIpc) is 3.13. The highest BCUT2D eigenvalue weighted by molar-refractivity contribution is 8.00. The number of benzene rings is 3. The summed E-state index contributed by atoms with van der Waals surface area (Å²) in [7, 11) is 0. The first kappa shape index (κ1) is 24.6. The molecule has 3 aromatic carbocycles. The molecule has 1 saturated heterocycles. The Labute approximate surface area is 209 Å². The number of hydrogen-bond acceptors (Lipinski definition) is 7. The second-order valence-electron chi connectivity index (χ2n) is 7.89. The van der Waals surface area contributed by atoms with Crippen LogP contribution in [0.25, 0.3) is 0 Å². The number of nitrogens with one attached hydrogen (secondary N) is 2. The molecular formula is C25H20N4O6S. The molecule has 2 N–H and O–H groups in total. The van der Waals surface area contributed by atoms with E-state index < -0.39 is 16.1 Å². The number of nitro benzene ring substituents is 1. The van der Waals surface area contributed by atoms with Crippen LogP contribution in [0.4, 0.5) is 22.7 Å². The van der Waals surface area contributed by atoms with Crippen molar-refractivity contribution in [3.8, 4) is 0 Å². The molecule has 0 aliphatic carbocycles. The van der Waals surface area contributed by atoms with E-state index in [1.54, 1.807) is 48.5 Å². The number of imide groups is 1. The van der Waals surface area contributed by atoms with Gasteiger partial charge in [-0.15, -0.1) is 11.8 Å². The number of hydrogen-bond donors (Lipinski definition) is 2. The second-order valence-corrected chi connectivity index (χ2v) is 9.17. The molecule has 4 rings (SSSR count). The molecule has 0 aromatic heterocycles. The van der Waals surface area contributed by atoms with E-state index in [4.69, 9.17) is 0 Å². The number of nitro groups is 1. The van der Waals surface area contributed by atoms with E-state index in [-0.39, 0.29) is 35.4 Å². The van der Waals surface area contributed by atoms with Gasteiger partial charge in [-0.2, -0.15) is 0 Å². The predicted molar refractivity (Wildman–Crippen MR) is 135 cm³/mol. The summed E-state index contributed by atoms with van der Waals surface area (Å²) < 4.78 is 0. The predicted octanol–water partition coefficient (Wildman–Crippen LogP) is 4.23. The Morgan fingerprint density at radius 2 is 1.61 bits per heavy atom. The maximum atomic E-state index is 12.9. The first-order valence-electron chi connectivity index (χ1n) is 10.8. The molecule has 1 heterocycles. The third-order valence-electron chi connectivity index (χ3n) is 5.26. The molecule has 0 radical (unpaired) electrons. The van der Waals surface area contributed by atoms with Crippen LogP contribution >= 0.6 is 11.8 Å². The fourth-order valence-electron chi connectivity index (χ4n) is 3.61. The molecule has 1 atom stereocenters. The zero-order valence-electron chi connectivity index (χ0n) is 19.0. The van der Waals surface area contributed by atoms with Gasteiger partial charge in [-0.1, -0.05) is 6.07 Å². The summed E-state index contributed by atoms with van der Waals surface area (Å²) >= 11 is 1.25. The van der Waals surface area contributed by atoms with Crippen LogP contribution in [0.15, 0.2) is 77.7 Å². The highest BCUT2D eigenvalue weighted by Crippen LogP contribution is 2.34. The van der Waals surface area contributed by atoms with Gasteiger partial charge < -0.3 is 10.6 Å². The molecule has 11 heteroatoms. The first-order chi connectivity index (χ1) is 17.2. The van der Waals surface area contributed by atoms with E-state index in [1.807, 2.05) is 0 Å². The van der Waals surface area contributed by atoms with Gasteiger partial charge in [0.25, 0.3) is 11.6 Å². The van der Waals surface area contributed by atoms with Gasteiger partial charge >= 0.3 is 0 Å². The van der Waals surface area contributed by atoms with E-state index in [0.29, 0.717) is 17.1 Å². The number of amides is 4. The maximum absolute atomic E-state index is 12.9. The minimum atomic E-state index is -0.599. The molecule has 36 heavy (non-hydrogen) atoms. The van der Waals surface area contributed by atoms with Gasteiger partial charge in [-0.25, -0.2) is 4.90 Å². The minimum absolute atomic E-state index is 0.0439. The van der Waals surface area contributed by atoms with Crippen LogP contribution in [0.5, 0.6) is 0 Å². The van der Waals surface area contributed by atoms with Gasteiger partial charge in [0.05, 0.1) is 15.9 Å². The van der Waals surface area contributed by atoms with Crippen molar-refractivity contribution in [3.05, 3.63) is 88.5 Å². The quantitative estimate of drug-likeness (QED) is 0.279. The molecule has 0 bridgehead atoms. The van der Waals surface area contributed by atoms with E-state index in [0.717, 1.165) is 9.80 Å². The topological polar surface area (TPSA) is 139 Å². The fourth-order valence-corrected chi connectivity index (χ4v) is 4.66. The number of carbonyl (C=O) groups excluding carboxylic acids is 4. The molecule has 0 saturated carbocycles. The van der Waals surface area contributed by atoms with Gasteiger partial charge in [0, 0.05) is 47.3 Å². The van der Waals surface area contributed by atoms with E-state index in [2.05, 4.69) is 10.6 Å². The number of anilines is 3. The molecule has 4 amide bonds. The minimum Gasteiger partial charge on any atom is -0.326 e. The Hall–Kier alpha value is -4.51. The third kappa shape index (κ3) is 5.58. The SMILES string of the molecule is CC(=O)Nc1ccc(N2C(=O)CC(Sc3ccc(NC(=O)c4cccc([N+](=O)[O-])c4)cc3)C2=O)cc1. The van der Waals surface area contributed by atoms with Crippen molar-refractivity contribution in [2.75, 3.05) is 15.5 Å². The van der Waals surface area contributed by atoms with Crippen LogP contribution < -0.4 is 15.5 Å². The second kappa shape index (κ2) is 10.4. The van der Waals surface area contributed by atoms with Crippen molar-refractivity contribution in [1.29, 1.82) is 0 Å². The number of non-ortho nitro benzene ring substituents is 1. The highest BCUT2D eigenvalue weighted by Gasteiger charge is 2.40. The highest BCUT2D eigenvalue weighted by atomic mass is 32.2. The van der Waals surface area contributed by atoms with Crippen LogP contribution in [0.2, 0.25) is 0 Å². The van der Waals surface area contributed by atoms with Gasteiger partial charge in [0.1, 0.15) is 0 Å². The number of thioether (sulfide) groups is 1. The zero-order chi connectivity index (χ0) is 25.8. The van der Waals surface area contributed by atoms with E-state index in [9.17, 15) is 29.3 Å². The zero-order valence-corrected chi connectivity index (χ0v) is 19.8. The molecule has 1 unspecified atom stereocenters. The van der Waals surface area contributed by atoms with Gasteiger partial charge in [0.2, 0.25) is 17.7 Å². The van der Waals surface area contributed by atoms with Crippen molar-refractivity contribution < 1.29 is 24.1 Å². The molecule has 3 aromatic rings. The summed E-state index contributed by atoms with van der Waals surface area (Å²) in [6.45, 7) is 1.39. The van der Waals surface area contributed by atoms with Crippen LogP contribution in [0.3, 0.4) is 0 Å². The fraction of sp³-hybridized carbons (Fsp3) is 0.120. The first-order valence-corrected chi connectivity index (χ1v) is 11.7. The third-order valence-corrected chi connectivity index (χ3v) is 6.46. The van der Waals surface area contributed by atoms with E-state index in [1.165, 1.54) is 43.0 Å². The van der Waals surface area contributed by atoms with Gasteiger partial charge in [-0.05, 0) is 54.6 Å². The summed E-state index contributed by atoms with van der Waals surface area (Å²) in [6, 6.07) is 18.6. The van der Waals surface area contributed by atoms with Crippen molar-refractivity contribution in [1.82, 2.24) is 0 Å². The van der Waals surface area contributed by atoms with Crippen LogP contribution in [-0.4, -0.2) is 33.8 Å². The molecule has 0 spiro atoms. The van der Waals surface area contributed by atoms with Crippen LogP contribution in [-0.2, 0) is 14.4 Å². The molecule has 1 aliphatic rings. The van der Waals surface area contributed by atoms with Crippen molar-refractivity contribution >= 4 is 58.1 Å². The standard InChI is InChI=1S/C25H20N4O6S/c1-15(30)26-17-5-9-19(10-6-17)28-23(31)14-22(25(28)33)36-21-11-7-18(8-12-21)27-24(32)16-3-2-4-20(13-16)29(34)35/h2-13,22H,14H2,1H3,(H,26,30)(H,27,32). The molecule has 182 valence electrons. The maximum Gasteiger partial charge on any atom is 0.270 e. The Kier molecular flexibility index (Phi) is 7.11. The lowest BCUT2D eigenvalue weighted by Crippen LogP contribution is -2.31. The monoisotopic (exact) mass is 504 g/mol. The average molecular weight is 505 g/mol. The van der Waals surface area contributed by atoms with Crippen molar-refractivity contribution in [3.63, 3.8) is 0 Å². The molecule has 1 fully saturated rings. The summed E-state index contributed by atoms with van der Waals surface area (Å²) in [4.78, 5) is 61.3. The van der Waals surface area contributed by atoms with Crippen molar-refractivity contribution in [2.45, 2.75) is 23.5 Å². The normalized spacial score (nSPS) is 15.0. The summed E-state index contributed by atoms with van der Waals surface area (Å²) in [5.74, 6) is -1.36. The summed E-state index contributed by atoms with van der Waals surface area (Å²) in [5.41, 5.74) is 1.45. The lowest BCUT2D eigenvalue weighted by Gasteiger charge is -2.15. The lowest BCUT2D eigenvalue weighted by molar-refractivity contribution is -0.384. The lowest BCUT2D eigenvalue weighted by atomic mass is 10.2. The molecule has 10 nitrogen and oxygen atoms in total. The number of rotatable bonds is 7. The largest absolute Gasteiger partial charge is 0.326 e. The van der Waals surface area contributed by atoms with Crippen LogP contribution in [0, 0.1) is 10.1 Å². The van der Waals surface area contributed by atoms with E-state index >= 15 is 0 Å². The van der Waals surface area contributed by atoms with Crippen LogP contribution in [0.1, 0.15) is 23.7 Å². The smallest absolute Gasteiger partial charge is 0.270 e. The Bertz CT molecular complexity index is 1360. The number of nitrogens with zero attached hydrogens (tertiary/aromatic N) is 2. The molecule has 1 aliphatic heterocycles. The number of carbonyl (C=O) groups is 4. The Morgan fingerprint density at radius 3 is 2.25 bits per heavy atom. The summed E-state index contributed by atoms with van der Waals surface area (Å²) in [6.07, 6.45) is 0.0439. The van der Waals surface area contributed by atoms with Gasteiger partial charge in [0.15, 0.2) is 0 Å². The Morgan fingerprint density at radius 1 is 0.972 bits per heavy atom. The molecular weight excluding hydrogens is 484 g/mol.